The summed E-state index contributed by atoms with van der Waals surface area (Å²) in [4.78, 5) is 0. The molecule has 0 aromatic heterocycles. The monoisotopic (exact) mass is 250 g/mol. The number of aliphatic hydroxyl groups excluding tert-OH is 1. The van der Waals surface area contributed by atoms with Crippen molar-refractivity contribution in [3.05, 3.63) is 23.8 Å². The van der Waals surface area contributed by atoms with E-state index in [0.717, 1.165) is 10.0 Å². The molecule has 1 aliphatic carbocycles. The molecule has 0 radical (unpaired) electrons. The van der Waals surface area contributed by atoms with E-state index >= 15 is 0 Å². The van der Waals surface area contributed by atoms with Crippen LogP contribution in [0.5, 0.6) is 0 Å². The quantitative estimate of drug-likeness (QED) is 0.556. The summed E-state index contributed by atoms with van der Waals surface area (Å²) in [6, 6.07) is 0. The summed E-state index contributed by atoms with van der Waals surface area (Å²) in [7, 11) is 0. The van der Waals surface area contributed by atoms with E-state index in [9.17, 15) is 5.11 Å². The van der Waals surface area contributed by atoms with Gasteiger partial charge in [0.05, 0.1) is 6.10 Å². The lowest BCUT2D eigenvalue weighted by Crippen LogP contribution is -2.21. The molecule has 0 bridgehead atoms. The summed E-state index contributed by atoms with van der Waals surface area (Å²) in [5.41, 5.74) is 1.13. The van der Waals surface area contributed by atoms with Crippen LogP contribution in [0, 0.1) is 5.92 Å². The first-order valence-electron chi connectivity index (χ1n) is 3.37. The summed E-state index contributed by atoms with van der Waals surface area (Å²) in [6.45, 7) is 2.03. The minimum absolute atomic E-state index is 0.248. The Balaban J connectivity index is 2.71. The second-order valence-electron chi connectivity index (χ2n) is 2.56. The van der Waals surface area contributed by atoms with Gasteiger partial charge in [-0.25, -0.2) is 0 Å². The second kappa shape index (κ2) is 3.53. The van der Waals surface area contributed by atoms with Crippen LogP contribution in [-0.2, 0) is 0 Å². The Morgan fingerprint density at radius 3 is 2.90 bits per heavy atom. The van der Waals surface area contributed by atoms with Crippen LogP contribution < -0.4 is 0 Å². The van der Waals surface area contributed by atoms with Crippen molar-refractivity contribution in [3.8, 4) is 0 Å². The average molecular weight is 250 g/mol. The Labute approximate surface area is 75.0 Å². The molecule has 0 saturated carbocycles. The SMILES string of the molecule is C[C@H]1C=CC=C(CI)C1O. The van der Waals surface area contributed by atoms with Gasteiger partial charge in [0, 0.05) is 10.3 Å². The van der Waals surface area contributed by atoms with E-state index < -0.39 is 0 Å². The highest BCUT2D eigenvalue weighted by Gasteiger charge is 2.17. The van der Waals surface area contributed by atoms with Crippen LogP contribution in [0.1, 0.15) is 6.92 Å². The number of aliphatic hydroxyl groups is 1. The Bertz CT molecular complexity index is 172. The van der Waals surface area contributed by atoms with Crippen molar-refractivity contribution < 1.29 is 5.11 Å². The Kier molecular flexibility index (Phi) is 2.92. The van der Waals surface area contributed by atoms with Gasteiger partial charge >= 0.3 is 0 Å². The van der Waals surface area contributed by atoms with Gasteiger partial charge < -0.3 is 5.11 Å². The first-order valence-corrected chi connectivity index (χ1v) is 4.89. The molecule has 0 saturated heterocycles. The molecule has 56 valence electrons. The third-order valence-electron chi connectivity index (χ3n) is 1.76. The third-order valence-corrected chi connectivity index (χ3v) is 2.64. The predicted octanol–water partition coefficient (Wildman–Crippen LogP) is 1.91. The van der Waals surface area contributed by atoms with Gasteiger partial charge in [0.25, 0.3) is 0 Å². The fourth-order valence-corrected chi connectivity index (χ4v) is 1.72. The molecule has 1 unspecified atom stereocenters. The number of allylic oxidation sites excluding steroid dienone is 2. The summed E-state index contributed by atoms with van der Waals surface area (Å²) in [5, 5.41) is 9.51. The van der Waals surface area contributed by atoms with E-state index in [-0.39, 0.29) is 12.0 Å². The molecule has 2 heteroatoms. The summed E-state index contributed by atoms with van der Waals surface area (Å²) in [5.74, 6) is 0.287. The highest BCUT2D eigenvalue weighted by Crippen LogP contribution is 2.20. The minimum Gasteiger partial charge on any atom is -0.388 e. The van der Waals surface area contributed by atoms with Gasteiger partial charge in [0.15, 0.2) is 0 Å². The maximum atomic E-state index is 9.51. The number of halogens is 1. The smallest absolute Gasteiger partial charge is 0.0820 e. The number of rotatable bonds is 1. The molecule has 1 nitrogen and oxygen atoms in total. The molecule has 0 aromatic rings. The number of hydrogen-bond acceptors (Lipinski definition) is 1. The van der Waals surface area contributed by atoms with E-state index in [1.807, 2.05) is 25.2 Å². The standard InChI is InChI=1S/C8H11IO/c1-6-3-2-4-7(5-9)8(6)10/h2-4,6,8,10H,5H2,1H3/t6-,8?/m0/s1. The zero-order valence-corrected chi connectivity index (χ0v) is 8.08. The van der Waals surface area contributed by atoms with Gasteiger partial charge in [-0.3, -0.25) is 0 Å². The average Bonchev–Trinajstić information content (AvgIpc) is 1.95. The number of alkyl halides is 1. The lowest BCUT2D eigenvalue weighted by atomic mass is 9.94. The van der Waals surface area contributed by atoms with Crippen LogP contribution in [0.15, 0.2) is 23.8 Å². The zero-order valence-electron chi connectivity index (χ0n) is 5.92. The van der Waals surface area contributed by atoms with Crippen molar-refractivity contribution in [2.75, 3.05) is 4.43 Å². The Hall–Kier alpha value is 0.170. The van der Waals surface area contributed by atoms with Gasteiger partial charge in [-0.05, 0) is 5.57 Å². The molecule has 1 aliphatic rings. The van der Waals surface area contributed by atoms with Crippen molar-refractivity contribution in [3.63, 3.8) is 0 Å². The van der Waals surface area contributed by atoms with Crippen molar-refractivity contribution in [1.29, 1.82) is 0 Å². The van der Waals surface area contributed by atoms with Crippen LogP contribution in [0.3, 0.4) is 0 Å². The molecule has 1 rings (SSSR count). The molecular weight excluding hydrogens is 239 g/mol. The van der Waals surface area contributed by atoms with E-state index in [1.165, 1.54) is 0 Å². The third kappa shape index (κ3) is 1.61. The maximum absolute atomic E-state index is 9.51. The van der Waals surface area contributed by atoms with E-state index in [0.29, 0.717) is 0 Å². The lowest BCUT2D eigenvalue weighted by molar-refractivity contribution is 0.172. The van der Waals surface area contributed by atoms with E-state index in [4.69, 9.17) is 0 Å². The minimum atomic E-state index is -0.248. The summed E-state index contributed by atoms with van der Waals surface area (Å²) >= 11 is 2.27. The van der Waals surface area contributed by atoms with Gasteiger partial charge in [0.1, 0.15) is 0 Å². The normalized spacial score (nSPS) is 32.1. The molecule has 0 fully saturated rings. The first kappa shape index (κ1) is 8.27. The van der Waals surface area contributed by atoms with Crippen molar-refractivity contribution in [1.82, 2.24) is 0 Å². The zero-order chi connectivity index (χ0) is 7.56. The lowest BCUT2D eigenvalue weighted by Gasteiger charge is -2.20. The summed E-state index contributed by atoms with van der Waals surface area (Å²) < 4.78 is 0.924. The predicted molar refractivity (Wildman–Crippen MR) is 51.3 cm³/mol. The molecule has 10 heavy (non-hydrogen) atoms. The van der Waals surface area contributed by atoms with E-state index in [2.05, 4.69) is 22.6 Å². The molecule has 0 amide bonds. The van der Waals surface area contributed by atoms with Gasteiger partial charge in [0.2, 0.25) is 0 Å². The van der Waals surface area contributed by atoms with Gasteiger partial charge in [-0.1, -0.05) is 47.7 Å². The topological polar surface area (TPSA) is 20.2 Å². The van der Waals surface area contributed by atoms with Crippen LogP contribution >= 0.6 is 22.6 Å². The Morgan fingerprint density at radius 2 is 2.40 bits per heavy atom. The molecule has 0 heterocycles. The fraction of sp³-hybridized carbons (Fsp3) is 0.500. The fourth-order valence-electron chi connectivity index (χ4n) is 1.02. The molecule has 2 atom stereocenters. The van der Waals surface area contributed by atoms with E-state index in [1.54, 1.807) is 0 Å². The highest BCUT2D eigenvalue weighted by molar-refractivity contribution is 14.1. The van der Waals surface area contributed by atoms with Crippen molar-refractivity contribution in [2.45, 2.75) is 13.0 Å². The molecule has 0 spiro atoms. The molecule has 1 N–H and O–H groups in total. The van der Waals surface area contributed by atoms with Gasteiger partial charge in [-0.2, -0.15) is 0 Å². The van der Waals surface area contributed by atoms with Crippen molar-refractivity contribution >= 4 is 22.6 Å². The van der Waals surface area contributed by atoms with Crippen molar-refractivity contribution in [2.24, 2.45) is 5.92 Å². The molecular formula is C8H11IO. The molecule has 0 aliphatic heterocycles. The van der Waals surface area contributed by atoms with Crippen LogP contribution in [-0.4, -0.2) is 15.6 Å². The van der Waals surface area contributed by atoms with Gasteiger partial charge in [-0.15, -0.1) is 0 Å². The molecule has 0 aromatic carbocycles. The largest absolute Gasteiger partial charge is 0.388 e. The van der Waals surface area contributed by atoms with Crippen LogP contribution in [0.25, 0.3) is 0 Å². The first-order chi connectivity index (χ1) is 4.75. The number of hydrogen-bond donors (Lipinski definition) is 1. The second-order valence-corrected chi connectivity index (χ2v) is 3.33. The highest BCUT2D eigenvalue weighted by atomic mass is 127. The van der Waals surface area contributed by atoms with Crippen LogP contribution in [0.2, 0.25) is 0 Å². The maximum Gasteiger partial charge on any atom is 0.0820 e. The Morgan fingerprint density at radius 1 is 1.70 bits per heavy atom. The van der Waals surface area contributed by atoms with Crippen LogP contribution in [0.4, 0.5) is 0 Å². The summed E-state index contributed by atoms with van der Waals surface area (Å²) in [6.07, 6.45) is 5.80.